The summed E-state index contributed by atoms with van der Waals surface area (Å²) in [7, 11) is 0. The van der Waals surface area contributed by atoms with Gasteiger partial charge in [-0.05, 0) is 34.1 Å². The van der Waals surface area contributed by atoms with Gasteiger partial charge in [0.25, 0.3) is 0 Å². The molecule has 0 spiro atoms. The first-order valence-corrected chi connectivity index (χ1v) is 5.57. The summed E-state index contributed by atoms with van der Waals surface area (Å²) < 4.78 is 0. The molecule has 100 valence electrons. The zero-order valence-corrected chi connectivity index (χ0v) is 11.0. The lowest BCUT2D eigenvalue weighted by Gasteiger charge is -2.34. The molecule has 1 unspecified atom stereocenters. The van der Waals surface area contributed by atoms with Crippen LogP contribution in [0.3, 0.4) is 0 Å². The van der Waals surface area contributed by atoms with Gasteiger partial charge in [0.1, 0.15) is 0 Å². The molecule has 0 bridgehead atoms. The molecule has 0 rings (SSSR count). The normalized spacial score (nSPS) is 14.2. The highest BCUT2D eigenvalue weighted by atomic mass is 16.2. The van der Waals surface area contributed by atoms with E-state index in [1.54, 1.807) is 13.8 Å². The van der Waals surface area contributed by atoms with Crippen LogP contribution in [0.4, 0.5) is 0 Å². The monoisotopic (exact) mass is 244 g/mol. The van der Waals surface area contributed by atoms with Gasteiger partial charge in [0.2, 0.25) is 11.8 Å². The molecule has 0 saturated carbocycles. The second-order valence-corrected chi connectivity index (χ2v) is 5.75. The van der Waals surface area contributed by atoms with Crippen LogP contribution >= 0.6 is 0 Å². The van der Waals surface area contributed by atoms with Crippen molar-refractivity contribution in [1.82, 2.24) is 5.32 Å². The quantitative estimate of drug-likeness (QED) is 0.481. The van der Waals surface area contributed by atoms with Gasteiger partial charge in [-0.1, -0.05) is 0 Å². The van der Waals surface area contributed by atoms with Gasteiger partial charge in [-0.15, -0.1) is 0 Å². The zero-order valence-electron chi connectivity index (χ0n) is 11.0. The Hall–Kier alpha value is -1.14. The third-order valence-corrected chi connectivity index (χ3v) is 2.38. The molecule has 0 aliphatic carbocycles. The fourth-order valence-electron chi connectivity index (χ4n) is 1.52. The summed E-state index contributed by atoms with van der Waals surface area (Å²) in [5, 5.41) is 2.46. The van der Waals surface area contributed by atoms with E-state index in [1.165, 1.54) is 0 Å². The van der Waals surface area contributed by atoms with Crippen molar-refractivity contribution >= 4 is 11.8 Å². The molecule has 1 atom stereocenters. The number of amides is 2. The average molecular weight is 244 g/mol. The minimum Gasteiger partial charge on any atom is -0.368 e. The third-order valence-electron chi connectivity index (χ3n) is 2.38. The van der Waals surface area contributed by atoms with E-state index < -0.39 is 22.9 Å². The summed E-state index contributed by atoms with van der Waals surface area (Å²) in [5.41, 5.74) is 15.6. The first-order valence-electron chi connectivity index (χ1n) is 5.57. The van der Waals surface area contributed by atoms with Crippen molar-refractivity contribution in [3.63, 3.8) is 0 Å². The molecule has 2 amide bonds. The van der Waals surface area contributed by atoms with E-state index in [9.17, 15) is 9.59 Å². The van der Waals surface area contributed by atoms with Gasteiger partial charge >= 0.3 is 0 Å². The fraction of sp³-hybridized carbons (Fsp3) is 0.818. The predicted octanol–water partition coefficient (Wildman–Crippen LogP) is -0.931. The lowest BCUT2D eigenvalue weighted by atomic mass is 9.79. The van der Waals surface area contributed by atoms with Gasteiger partial charge in [0.05, 0.1) is 12.5 Å². The van der Waals surface area contributed by atoms with E-state index in [-0.39, 0.29) is 12.5 Å². The first-order chi connectivity index (χ1) is 7.43. The van der Waals surface area contributed by atoms with Crippen LogP contribution in [-0.2, 0) is 9.59 Å². The second-order valence-electron chi connectivity index (χ2n) is 5.75. The van der Waals surface area contributed by atoms with Crippen molar-refractivity contribution in [2.45, 2.75) is 45.2 Å². The van der Waals surface area contributed by atoms with Crippen LogP contribution in [0.1, 0.15) is 34.1 Å². The molecule has 17 heavy (non-hydrogen) atoms. The molecule has 0 aliphatic heterocycles. The first kappa shape index (κ1) is 15.9. The van der Waals surface area contributed by atoms with Gasteiger partial charge < -0.3 is 22.5 Å². The molecule has 0 fully saturated rings. The molecule has 0 radical (unpaired) electrons. The number of nitrogens with one attached hydrogen (secondary N) is 1. The highest BCUT2D eigenvalue weighted by molar-refractivity contribution is 5.85. The summed E-state index contributed by atoms with van der Waals surface area (Å²) in [6.45, 7) is 6.98. The maximum absolute atomic E-state index is 11.9. The van der Waals surface area contributed by atoms with Gasteiger partial charge in [-0.2, -0.15) is 0 Å². The fourth-order valence-corrected chi connectivity index (χ4v) is 1.52. The van der Waals surface area contributed by atoms with Gasteiger partial charge in [0, 0.05) is 11.1 Å². The number of carbonyl (C=O) groups is 2. The molecular formula is C11H24N4O2. The largest absolute Gasteiger partial charge is 0.368 e. The standard InChI is InChI=1S/C11H24N4O2/c1-10(2,13)5-7(11(3,4)14)9(17)15-6-8(12)16/h7H,5-6,13-14H2,1-4H3,(H2,12,16)(H,15,17). The van der Waals surface area contributed by atoms with Crippen LogP contribution in [0.15, 0.2) is 0 Å². The van der Waals surface area contributed by atoms with E-state index >= 15 is 0 Å². The van der Waals surface area contributed by atoms with Crippen molar-refractivity contribution in [1.29, 1.82) is 0 Å². The number of carbonyl (C=O) groups excluding carboxylic acids is 2. The molecule has 0 aromatic rings. The molecule has 0 heterocycles. The minimum atomic E-state index is -0.710. The third kappa shape index (κ3) is 6.91. The van der Waals surface area contributed by atoms with E-state index in [0.29, 0.717) is 6.42 Å². The van der Waals surface area contributed by atoms with Crippen molar-refractivity contribution < 1.29 is 9.59 Å². The topological polar surface area (TPSA) is 124 Å². The Morgan fingerprint density at radius 3 is 1.94 bits per heavy atom. The van der Waals surface area contributed by atoms with Crippen LogP contribution in [-0.4, -0.2) is 29.4 Å². The van der Waals surface area contributed by atoms with Crippen LogP contribution < -0.4 is 22.5 Å². The summed E-state index contributed by atoms with van der Waals surface area (Å²) in [6, 6.07) is 0. The van der Waals surface area contributed by atoms with Crippen molar-refractivity contribution in [2.75, 3.05) is 6.54 Å². The summed E-state index contributed by atoms with van der Waals surface area (Å²) in [6.07, 6.45) is 0.432. The van der Waals surface area contributed by atoms with Gasteiger partial charge in [-0.25, -0.2) is 0 Å². The smallest absolute Gasteiger partial charge is 0.236 e. The Morgan fingerprint density at radius 1 is 1.18 bits per heavy atom. The van der Waals surface area contributed by atoms with Gasteiger partial charge in [0.15, 0.2) is 0 Å². The number of rotatable bonds is 6. The molecule has 0 saturated heterocycles. The Balaban J connectivity index is 4.70. The molecular weight excluding hydrogens is 220 g/mol. The molecule has 6 nitrogen and oxygen atoms in total. The van der Waals surface area contributed by atoms with Crippen molar-refractivity contribution in [2.24, 2.45) is 23.1 Å². The zero-order chi connectivity index (χ0) is 13.9. The second kappa shape index (κ2) is 5.46. The molecule has 0 aromatic carbocycles. The number of hydrogen-bond donors (Lipinski definition) is 4. The SMILES string of the molecule is CC(C)(N)CC(C(=O)NCC(N)=O)C(C)(C)N. The molecule has 6 heteroatoms. The number of hydrogen-bond acceptors (Lipinski definition) is 4. The van der Waals surface area contributed by atoms with Crippen molar-refractivity contribution in [3.05, 3.63) is 0 Å². The van der Waals surface area contributed by atoms with Crippen molar-refractivity contribution in [3.8, 4) is 0 Å². The van der Waals surface area contributed by atoms with E-state index in [4.69, 9.17) is 17.2 Å². The van der Waals surface area contributed by atoms with Crippen LogP contribution in [0.5, 0.6) is 0 Å². The molecule has 0 aliphatic rings. The highest BCUT2D eigenvalue weighted by Gasteiger charge is 2.35. The number of primary amides is 1. The highest BCUT2D eigenvalue weighted by Crippen LogP contribution is 2.23. The molecule has 7 N–H and O–H groups in total. The Kier molecular flexibility index (Phi) is 5.10. The minimum absolute atomic E-state index is 0.184. The van der Waals surface area contributed by atoms with Crippen LogP contribution in [0.2, 0.25) is 0 Å². The lowest BCUT2D eigenvalue weighted by molar-refractivity contribution is -0.129. The predicted molar refractivity (Wildman–Crippen MR) is 66.8 cm³/mol. The lowest BCUT2D eigenvalue weighted by Crippen LogP contribution is -2.53. The van der Waals surface area contributed by atoms with E-state index in [1.807, 2.05) is 13.8 Å². The summed E-state index contributed by atoms with van der Waals surface area (Å²) in [5.74, 6) is -1.35. The summed E-state index contributed by atoms with van der Waals surface area (Å²) >= 11 is 0. The van der Waals surface area contributed by atoms with Crippen LogP contribution in [0.25, 0.3) is 0 Å². The molecule has 0 aromatic heterocycles. The Bertz CT molecular complexity index is 289. The van der Waals surface area contributed by atoms with E-state index in [2.05, 4.69) is 5.32 Å². The maximum Gasteiger partial charge on any atom is 0.236 e. The Labute approximate surface area is 102 Å². The van der Waals surface area contributed by atoms with Gasteiger partial charge in [-0.3, -0.25) is 9.59 Å². The summed E-state index contributed by atoms with van der Waals surface area (Å²) in [4.78, 5) is 22.5. The average Bonchev–Trinajstić information content (AvgIpc) is 2.07. The Morgan fingerprint density at radius 2 is 1.65 bits per heavy atom. The van der Waals surface area contributed by atoms with E-state index in [0.717, 1.165) is 0 Å². The number of nitrogens with two attached hydrogens (primary N) is 3. The maximum atomic E-state index is 11.9. The van der Waals surface area contributed by atoms with Crippen LogP contribution in [0, 0.1) is 5.92 Å².